The van der Waals surface area contributed by atoms with Crippen LogP contribution in [0.1, 0.15) is 21.5 Å². The fourth-order valence-corrected chi connectivity index (χ4v) is 1.56. The fourth-order valence-electron chi connectivity index (χ4n) is 1.56. The second-order valence-corrected chi connectivity index (χ2v) is 3.84. The minimum atomic E-state index is -0.391. The Bertz CT molecular complexity index is 609. The van der Waals surface area contributed by atoms with Crippen molar-refractivity contribution in [3.8, 4) is 11.8 Å². The first-order chi connectivity index (χ1) is 8.70. The second-order valence-electron chi connectivity index (χ2n) is 3.84. The van der Waals surface area contributed by atoms with Crippen LogP contribution in [0.25, 0.3) is 0 Å². The highest BCUT2D eigenvalue weighted by Gasteiger charge is 2.10. The molecule has 0 bridgehead atoms. The molecule has 3 nitrogen and oxygen atoms in total. The quantitative estimate of drug-likeness (QED) is 0.595. The van der Waals surface area contributed by atoms with Gasteiger partial charge in [-0.1, -0.05) is 18.2 Å². The van der Waals surface area contributed by atoms with Crippen LogP contribution in [-0.2, 0) is 0 Å². The Hall–Kier alpha value is -2.60. The molecule has 0 saturated carbocycles. The number of nitriles is 1. The lowest BCUT2D eigenvalue weighted by molar-refractivity contribution is 0.0734. The van der Waals surface area contributed by atoms with Crippen molar-refractivity contribution < 1.29 is 9.53 Å². The van der Waals surface area contributed by atoms with E-state index in [4.69, 9.17) is 10.00 Å². The van der Waals surface area contributed by atoms with Crippen molar-refractivity contribution in [3.63, 3.8) is 0 Å². The van der Waals surface area contributed by atoms with Gasteiger partial charge in [-0.3, -0.25) is 0 Å². The Balaban J connectivity index is 2.17. The zero-order valence-electron chi connectivity index (χ0n) is 9.88. The average Bonchev–Trinajstić information content (AvgIpc) is 2.40. The normalized spacial score (nSPS) is 9.56. The standard InChI is InChI=1S/C15H11NO2/c1-11-4-2-3-5-14(11)15(17)18-13-8-6-12(10-16)7-9-13/h2-9H,1H3. The Kier molecular flexibility index (Phi) is 3.40. The molecule has 0 radical (unpaired) electrons. The zero-order chi connectivity index (χ0) is 13.0. The third kappa shape index (κ3) is 2.55. The minimum Gasteiger partial charge on any atom is -0.423 e. The number of ether oxygens (including phenoxy) is 1. The summed E-state index contributed by atoms with van der Waals surface area (Å²) in [7, 11) is 0. The first-order valence-electron chi connectivity index (χ1n) is 5.48. The number of esters is 1. The van der Waals surface area contributed by atoms with Gasteiger partial charge < -0.3 is 4.74 Å². The van der Waals surface area contributed by atoms with Crippen LogP contribution in [0.4, 0.5) is 0 Å². The molecule has 2 aromatic rings. The summed E-state index contributed by atoms with van der Waals surface area (Å²) in [5.41, 5.74) is 1.95. The lowest BCUT2D eigenvalue weighted by Crippen LogP contribution is -2.09. The highest BCUT2D eigenvalue weighted by Crippen LogP contribution is 2.15. The summed E-state index contributed by atoms with van der Waals surface area (Å²) >= 11 is 0. The van der Waals surface area contributed by atoms with Gasteiger partial charge in [0.1, 0.15) is 5.75 Å². The maximum atomic E-state index is 11.9. The number of benzene rings is 2. The molecule has 0 N–H and O–H groups in total. The van der Waals surface area contributed by atoms with Crippen molar-refractivity contribution in [1.82, 2.24) is 0 Å². The highest BCUT2D eigenvalue weighted by molar-refractivity contribution is 5.92. The molecule has 0 unspecified atom stereocenters. The molecule has 2 aromatic carbocycles. The van der Waals surface area contributed by atoms with Gasteiger partial charge in [-0.25, -0.2) is 4.79 Å². The van der Waals surface area contributed by atoms with E-state index in [1.807, 2.05) is 25.1 Å². The first-order valence-corrected chi connectivity index (χ1v) is 5.48. The SMILES string of the molecule is Cc1ccccc1C(=O)Oc1ccc(C#N)cc1. The van der Waals surface area contributed by atoms with Crippen LogP contribution in [0, 0.1) is 18.3 Å². The van der Waals surface area contributed by atoms with E-state index in [0.29, 0.717) is 16.9 Å². The third-order valence-corrected chi connectivity index (χ3v) is 2.56. The zero-order valence-corrected chi connectivity index (χ0v) is 9.88. The molecule has 0 spiro atoms. The van der Waals surface area contributed by atoms with Crippen LogP contribution >= 0.6 is 0 Å². The molecule has 18 heavy (non-hydrogen) atoms. The van der Waals surface area contributed by atoms with Gasteiger partial charge in [-0.05, 0) is 42.8 Å². The number of hydrogen-bond acceptors (Lipinski definition) is 3. The van der Waals surface area contributed by atoms with Crippen LogP contribution in [0.2, 0.25) is 0 Å². The summed E-state index contributed by atoms with van der Waals surface area (Å²) in [4.78, 5) is 11.9. The second kappa shape index (κ2) is 5.15. The van der Waals surface area contributed by atoms with Gasteiger partial charge in [0.2, 0.25) is 0 Å². The fraction of sp³-hybridized carbons (Fsp3) is 0.0667. The van der Waals surface area contributed by atoms with Crippen molar-refractivity contribution in [1.29, 1.82) is 5.26 Å². The van der Waals surface area contributed by atoms with Crippen LogP contribution < -0.4 is 4.74 Å². The van der Waals surface area contributed by atoms with Gasteiger partial charge in [-0.15, -0.1) is 0 Å². The molecule has 0 fully saturated rings. The van der Waals surface area contributed by atoms with Gasteiger partial charge in [0.15, 0.2) is 0 Å². The van der Waals surface area contributed by atoms with Crippen molar-refractivity contribution >= 4 is 5.97 Å². The van der Waals surface area contributed by atoms with Crippen LogP contribution in [0.15, 0.2) is 48.5 Å². The highest BCUT2D eigenvalue weighted by atomic mass is 16.5. The molecule has 0 amide bonds. The van der Waals surface area contributed by atoms with Gasteiger partial charge in [0.05, 0.1) is 17.2 Å². The molecule has 88 valence electrons. The summed E-state index contributed by atoms with van der Waals surface area (Å²) in [5.74, 6) is 0.0417. The monoisotopic (exact) mass is 237 g/mol. The van der Waals surface area contributed by atoms with Gasteiger partial charge >= 0.3 is 5.97 Å². The average molecular weight is 237 g/mol. The Morgan fingerprint density at radius 3 is 2.39 bits per heavy atom. The number of aryl methyl sites for hydroxylation is 1. The Labute approximate surface area is 105 Å². The number of hydrogen-bond donors (Lipinski definition) is 0. The predicted octanol–water partition coefficient (Wildman–Crippen LogP) is 3.09. The van der Waals surface area contributed by atoms with Crippen LogP contribution in [0.3, 0.4) is 0 Å². The molecule has 3 heteroatoms. The number of carbonyl (C=O) groups is 1. The van der Waals surface area contributed by atoms with Crippen molar-refractivity contribution in [2.45, 2.75) is 6.92 Å². The maximum Gasteiger partial charge on any atom is 0.343 e. The van der Waals surface area contributed by atoms with Crippen molar-refractivity contribution in [2.24, 2.45) is 0 Å². The minimum absolute atomic E-state index is 0.391. The van der Waals surface area contributed by atoms with E-state index < -0.39 is 5.97 Å². The Morgan fingerprint density at radius 1 is 1.11 bits per heavy atom. The molecule has 0 saturated heterocycles. The molecule has 0 heterocycles. The summed E-state index contributed by atoms with van der Waals surface area (Å²) in [5, 5.41) is 8.67. The van der Waals surface area contributed by atoms with E-state index in [1.165, 1.54) is 0 Å². The number of carbonyl (C=O) groups excluding carboxylic acids is 1. The molecular weight excluding hydrogens is 226 g/mol. The van der Waals surface area contributed by atoms with E-state index in [1.54, 1.807) is 36.4 Å². The van der Waals surface area contributed by atoms with E-state index in [0.717, 1.165) is 5.56 Å². The summed E-state index contributed by atoms with van der Waals surface area (Å²) in [6.07, 6.45) is 0. The largest absolute Gasteiger partial charge is 0.423 e. The summed E-state index contributed by atoms with van der Waals surface area (Å²) in [6.45, 7) is 1.86. The molecule has 2 rings (SSSR count). The van der Waals surface area contributed by atoms with Crippen LogP contribution in [-0.4, -0.2) is 5.97 Å². The van der Waals surface area contributed by atoms with Crippen molar-refractivity contribution in [3.05, 3.63) is 65.2 Å². The molecule has 0 aliphatic rings. The maximum absolute atomic E-state index is 11.9. The molecule has 0 atom stereocenters. The van der Waals surface area contributed by atoms with E-state index in [9.17, 15) is 4.79 Å². The van der Waals surface area contributed by atoms with E-state index in [2.05, 4.69) is 0 Å². The molecular formula is C15H11NO2. The molecule has 0 aromatic heterocycles. The van der Waals surface area contributed by atoms with E-state index in [-0.39, 0.29) is 0 Å². The van der Waals surface area contributed by atoms with Crippen LogP contribution in [0.5, 0.6) is 5.75 Å². The first kappa shape index (κ1) is 11.9. The smallest absolute Gasteiger partial charge is 0.343 e. The van der Waals surface area contributed by atoms with Gasteiger partial charge in [-0.2, -0.15) is 5.26 Å². The molecule has 0 aliphatic heterocycles. The number of nitrogens with zero attached hydrogens (tertiary/aromatic N) is 1. The van der Waals surface area contributed by atoms with Crippen molar-refractivity contribution in [2.75, 3.05) is 0 Å². The topological polar surface area (TPSA) is 50.1 Å². The predicted molar refractivity (Wildman–Crippen MR) is 67.3 cm³/mol. The van der Waals surface area contributed by atoms with E-state index >= 15 is 0 Å². The van der Waals surface area contributed by atoms with Gasteiger partial charge in [0, 0.05) is 0 Å². The lowest BCUT2D eigenvalue weighted by Gasteiger charge is -2.06. The summed E-state index contributed by atoms with van der Waals surface area (Å²) < 4.78 is 5.23. The molecule has 0 aliphatic carbocycles. The van der Waals surface area contributed by atoms with Gasteiger partial charge in [0.25, 0.3) is 0 Å². The number of rotatable bonds is 2. The Morgan fingerprint density at radius 2 is 1.78 bits per heavy atom. The third-order valence-electron chi connectivity index (χ3n) is 2.56. The lowest BCUT2D eigenvalue weighted by atomic mass is 10.1. The summed E-state index contributed by atoms with van der Waals surface area (Å²) in [6, 6.07) is 15.7.